The molecule has 0 aliphatic rings. The third-order valence-corrected chi connectivity index (χ3v) is 13.2. The normalized spacial score (nSPS) is 11.8. The second-order valence-corrected chi connectivity index (χ2v) is 17.0. The van der Waals surface area contributed by atoms with Crippen molar-refractivity contribution in [3.63, 3.8) is 0 Å². The summed E-state index contributed by atoms with van der Waals surface area (Å²) in [5, 5.41) is 9.03. The molecule has 308 valence electrons. The van der Waals surface area contributed by atoms with Gasteiger partial charge in [-0.25, -0.2) is 0 Å². The summed E-state index contributed by atoms with van der Waals surface area (Å²) in [6.07, 6.45) is 4.05. The molecule has 0 aliphatic carbocycles. The molecular formula is C59H50N2O2. The van der Waals surface area contributed by atoms with E-state index in [9.17, 15) is 0 Å². The van der Waals surface area contributed by atoms with Crippen molar-refractivity contribution in [3.8, 4) is 0 Å². The van der Waals surface area contributed by atoms with Crippen LogP contribution in [0.15, 0.2) is 173 Å². The van der Waals surface area contributed by atoms with Crippen LogP contribution in [-0.4, -0.2) is 0 Å². The van der Waals surface area contributed by atoms with Gasteiger partial charge in [0.15, 0.2) is 0 Å². The molecule has 9 aromatic carbocycles. The number of fused-ring (bicyclic) bond motifs is 8. The van der Waals surface area contributed by atoms with Gasteiger partial charge < -0.3 is 18.6 Å². The van der Waals surface area contributed by atoms with Gasteiger partial charge in [0.1, 0.15) is 22.3 Å². The van der Waals surface area contributed by atoms with Gasteiger partial charge in [-0.2, -0.15) is 0 Å². The summed E-state index contributed by atoms with van der Waals surface area (Å²) in [6, 6.07) is 60.5. The Labute approximate surface area is 368 Å². The zero-order valence-electron chi connectivity index (χ0n) is 36.6. The highest BCUT2D eigenvalue weighted by atomic mass is 16.3. The van der Waals surface area contributed by atoms with E-state index in [0.717, 1.165) is 120 Å². The van der Waals surface area contributed by atoms with Gasteiger partial charge in [0, 0.05) is 61.2 Å². The lowest BCUT2D eigenvalue weighted by Gasteiger charge is -2.26. The van der Waals surface area contributed by atoms with Crippen LogP contribution < -0.4 is 9.80 Å². The maximum Gasteiger partial charge on any atom is 0.142 e. The van der Waals surface area contributed by atoms with Crippen molar-refractivity contribution in [2.45, 2.75) is 60.3 Å². The summed E-state index contributed by atoms with van der Waals surface area (Å²) in [7, 11) is 0. The van der Waals surface area contributed by atoms with Crippen LogP contribution in [-0.2, 0) is 25.7 Å². The highest BCUT2D eigenvalue weighted by molar-refractivity contribution is 6.20. The van der Waals surface area contributed by atoms with E-state index in [1.54, 1.807) is 0 Å². The van der Waals surface area contributed by atoms with Crippen molar-refractivity contribution in [1.29, 1.82) is 0 Å². The molecular weight excluding hydrogens is 769 g/mol. The van der Waals surface area contributed by atoms with Gasteiger partial charge in [-0.1, -0.05) is 88.4 Å². The number of furan rings is 2. The molecule has 2 aromatic heterocycles. The minimum Gasteiger partial charge on any atom is -0.456 e. The molecule has 63 heavy (non-hydrogen) atoms. The van der Waals surface area contributed by atoms with Crippen molar-refractivity contribution in [2.24, 2.45) is 0 Å². The molecule has 4 heteroatoms. The first-order valence-corrected chi connectivity index (χ1v) is 22.5. The minimum atomic E-state index is 0.867. The monoisotopic (exact) mass is 818 g/mol. The van der Waals surface area contributed by atoms with Gasteiger partial charge in [-0.05, 0) is 180 Å². The van der Waals surface area contributed by atoms with Gasteiger partial charge in [-0.3, -0.25) is 0 Å². The third kappa shape index (κ3) is 6.69. The highest BCUT2D eigenvalue weighted by Gasteiger charge is 2.21. The van der Waals surface area contributed by atoms with E-state index < -0.39 is 0 Å². The van der Waals surface area contributed by atoms with Crippen molar-refractivity contribution in [2.75, 3.05) is 9.80 Å². The summed E-state index contributed by atoms with van der Waals surface area (Å²) in [5.74, 6) is 0. The van der Waals surface area contributed by atoms with E-state index in [4.69, 9.17) is 8.83 Å². The number of nitrogens with zero attached hydrogens (tertiary/aromatic N) is 2. The summed E-state index contributed by atoms with van der Waals surface area (Å²) >= 11 is 0. The Morgan fingerprint density at radius 1 is 0.317 bits per heavy atom. The Morgan fingerprint density at radius 3 is 0.952 bits per heavy atom. The molecule has 4 nitrogen and oxygen atoms in total. The summed E-state index contributed by atoms with van der Waals surface area (Å²) < 4.78 is 13.5. The van der Waals surface area contributed by atoms with Gasteiger partial charge in [0.25, 0.3) is 0 Å². The van der Waals surface area contributed by atoms with Crippen LogP contribution in [0.2, 0.25) is 0 Å². The Bertz CT molecular complexity index is 3160. The van der Waals surface area contributed by atoms with Crippen LogP contribution in [0.1, 0.15) is 55.5 Å². The number of anilines is 6. The molecule has 11 rings (SSSR count). The first-order valence-electron chi connectivity index (χ1n) is 22.5. The van der Waals surface area contributed by atoms with E-state index >= 15 is 0 Å². The van der Waals surface area contributed by atoms with Crippen molar-refractivity contribution in [1.82, 2.24) is 0 Å². The van der Waals surface area contributed by atoms with Crippen LogP contribution in [0.4, 0.5) is 34.1 Å². The lowest BCUT2D eigenvalue weighted by Crippen LogP contribution is -2.10. The number of hydrogen-bond donors (Lipinski definition) is 0. The fraction of sp³-hybridized carbons (Fsp3) is 0.153. The second-order valence-electron chi connectivity index (χ2n) is 17.0. The SMILES string of the molecule is CCc1ccc(N(c2ccc(CC)cc2)c2ccc3cc4c(cc3c2)oc2c(C)c3oc5cc6cc(N(c7ccc(CC)cc7)c7ccc(CC)cc7)ccc6cc5c3cc24)cc1. The number of hydrogen-bond acceptors (Lipinski definition) is 4. The van der Waals surface area contributed by atoms with Crippen molar-refractivity contribution in [3.05, 3.63) is 192 Å². The molecule has 0 N–H and O–H groups in total. The predicted molar refractivity (Wildman–Crippen MR) is 268 cm³/mol. The molecule has 0 saturated heterocycles. The van der Waals surface area contributed by atoms with Gasteiger partial charge in [-0.15, -0.1) is 0 Å². The largest absolute Gasteiger partial charge is 0.456 e. The zero-order chi connectivity index (χ0) is 42.8. The van der Waals surface area contributed by atoms with Crippen LogP contribution in [0.3, 0.4) is 0 Å². The standard InChI is InChI=1S/C59H50N2O2/c1-6-38-10-20-46(21-11-38)60(47-22-12-39(7-2)13-23-47)50-28-18-42-32-52-54-36-55-53-33-43-19-29-51(61(48-24-14-40(8-3)15-25-48)49-26-16-41(9-4)17-27-49)31-45(43)35-57(53)63-59(55)37(5)58(54)62-56(52)34-44(42)30-50/h10-36H,6-9H2,1-5H3. The van der Waals surface area contributed by atoms with Crippen LogP contribution in [0.25, 0.3) is 65.4 Å². The molecule has 2 heterocycles. The van der Waals surface area contributed by atoms with E-state index in [1.165, 1.54) is 33.0 Å². The van der Waals surface area contributed by atoms with E-state index in [0.29, 0.717) is 0 Å². The maximum atomic E-state index is 6.77. The molecule has 0 atom stereocenters. The number of rotatable bonds is 10. The van der Waals surface area contributed by atoms with Gasteiger partial charge in [0.2, 0.25) is 0 Å². The van der Waals surface area contributed by atoms with E-state index in [-0.39, 0.29) is 0 Å². The molecule has 0 amide bonds. The average Bonchev–Trinajstić information content (AvgIpc) is 3.88. The highest BCUT2D eigenvalue weighted by Crippen LogP contribution is 2.44. The Balaban J connectivity index is 0.999. The molecule has 0 radical (unpaired) electrons. The van der Waals surface area contributed by atoms with Gasteiger partial charge in [0.05, 0.1) is 0 Å². The number of aryl methyl sites for hydroxylation is 5. The van der Waals surface area contributed by atoms with E-state index in [2.05, 4.69) is 208 Å². The molecule has 0 bridgehead atoms. The van der Waals surface area contributed by atoms with Crippen molar-refractivity contribution >= 4 is 99.5 Å². The van der Waals surface area contributed by atoms with Crippen LogP contribution in [0, 0.1) is 6.92 Å². The maximum absolute atomic E-state index is 6.77. The van der Waals surface area contributed by atoms with E-state index in [1.807, 2.05) is 0 Å². The quantitative estimate of drug-likeness (QED) is 0.138. The lowest BCUT2D eigenvalue weighted by molar-refractivity contribution is 0.651. The second kappa shape index (κ2) is 15.6. The van der Waals surface area contributed by atoms with Crippen molar-refractivity contribution < 1.29 is 8.83 Å². The molecule has 11 aromatic rings. The van der Waals surface area contributed by atoms with Crippen LogP contribution >= 0.6 is 0 Å². The summed E-state index contributed by atoms with van der Waals surface area (Å²) in [6.45, 7) is 10.9. The van der Waals surface area contributed by atoms with Gasteiger partial charge >= 0.3 is 0 Å². The molecule has 0 unspecified atom stereocenters. The van der Waals surface area contributed by atoms with Crippen LogP contribution in [0.5, 0.6) is 0 Å². The smallest absolute Gasteiger partial charge is 0.142 e. The predicted octanol–water partition coefficient (Wildman–Crippen LogP) is 17.3. The lowest BCUT2D eigenvalue weighted by atomic mass is 10.0. The third-order valence-electron chi connectivity index (χ3n) is 13.2. The summed E-state index contributed by atoms with van der Waals surface area (Å²) in [5.41, 5.74) is 16.6. The topological polar surface area (TPSA) is 32.8 Å². The Morgan fingerprint density at radius 2 is 0.635 bits per heavy atom. The zero-order valence-corrected chi connectivity index (χ0v) is 36.6. The Kier molecular flexibility index (Phi) is 9.53. The molecule has 0 saturated carbocycles. The fourth-order valence-corrected chi connectivity index (χ4v) is 9.48. The first-order chi connectivity index (χ1) is 30.9. The minimum absolute atomic E-state index is 0.867. The Hall–Kier alpha value is -7.30. The average molecular weight is 819 g/mol. The molecule has 0 spiro atoms. The molecule has 0 aliphatic heterocycles. The first kappa shape index (κ1) is 38.6. The molecule has 0 fully saturated rings. The number of benzene rings is 9. The summed E-state index contributed by atoms with van der Waals surface area (Å²) in [4.78, 5) is 4.70. The fourth-order valence-electron chi connectivity index (χ4n) is 9.48.